The summed E-state index contributed by atoms with van der Waals surface area (Å²) < 4.78 is 7.42. The summed E-state index contributed by atoms with van der Waals surface area (Å²) >= 11 is 0. The van der Waals surface area contributed by atoms with Gasteiger partial charge in [0.2, 0.25) is 0 Å². The molecule has 2 saturated carbocycles. The van der Waals surface area contributed by atoms with Crippen molar-refractivity contribution in [3.63, 3.8) is 0 Å². The number of hydrogen-bond acceptors (Lipinski definition) is 4. The second-order valence-electron chi connectivity index (χ2n) is 5.55. The summed E-state index contributed by atoms with van der Waals surface area (Å²) in [6, 6.07) is 0.162. The standard InChI is InChI=1S/C13H22N4O/c1-3-17-13(11(18-2)7-15-17)12(16-14)10-5-8-4-9(8)6-10/h7-10,12,16H,3-6,14H2,1-2H3. The largest absolute Gasteiger partial charge is 0.493 e. The summed E-state index contributed by atoms with van der Waals surface area (Å²) in [5.41, 5.74) is 4.10. The van der Waals surface area contributed by atoms with Crippen LogP contribution in [0.2, 0.25) is 0 Å². The molecule has 1 aromatic heterocycles. The summed E-state index contributed by atoms with van der Waals surface area (Å²) in [7, 11) is 1.69. The van der Waals surface area contributed by atoms with Gasteiger partial charge >= 0.3 is 0 Å². The van der Waals surface area contributed by atoms with Gasteiger partial charge in [-0.15, -0.1) is 0 Å². The van der Waals surface area contributed by atoms with E-state index in [-0.39, 0.29) is 6.04 Å². The van der Waals surface area contributed by atoms with Crippen molar-refractivity contribution in [1.82, 2.24) is 15.2 Å². The van der Waals surface area contributed by atoms with E-state index in [9.17, 15) is 0 Å². The van der Waals surface area contributed by atoms with Crippen molar-refractivity contribution in [1.29, 1.82) is 0 Å². The van der Waals surface area contributed by atoms with Gasteiger partial charge in [0.15, 0.2) is 5.75 Å². The van der Waals surface area contributed by atoms with Crippen LogP contribution in [-0.4, -0.2) is 16.9 Å². The zero-order valence-electron chi connectivity index (χ0n) is 11.1. The Morgan fingerprint density at radius 1 is 1.50 bits per heavy atom. The number of aromatic nitrogens is 2. The molecule has 2 aliphatic rings. The van der Waals surface area contributed by atoms with Crippen LogP contribution in [0.4, 0.5) is 0 Å². The summed E-state index contributed by atoms with van der Waals surface area (Å²) in [5, 5.41) is 4.37. The predicted octanol–water partition coefficient (Wildman–Crippen LogP) is 1.46. The van der Waals surface area contributed by atoms with E-state index in [0.29, 0.717) is 5.92 Å². The van der Waals surface area contributed by atoms with Crippen molar-refractivity contribution in [2.24, 2.45) is 23.6 Å². The molecular weight excluding hydrogens is 228 g/mol. The minimum atomic E-state index is 0.162. The van der Waals surface area contributed by atoms with Crippen LogP contribution in [0.5, 0.6) is 5.75 Å². The number of hydrogen-bond donors (Lipinski definition) is 2. The Morgan fingerprint density at radius 3 is 2.78 bits per heavy atom. The van der Waals surface area contributed by atoms with Crippen molar-refractivity contribution in [3.8, 4) is 5.75 Å². The van der Waals surface area contributed by atoms with Gasteiger partial charge in [0, 0.05) is 6.54 Å². The maximum Gasteiger partial charge on any atom is 0.161 e. The number of fused-ring (bicyclic) bond motifs is 1. The zero-order chi connectivity index (χ0) is 12.7. The fourth-order valence-electron chi connectivity index (χ4n) is 3.57. The van der Waals surface area contributed by atoms with Crippen molar-refractivity contribution in [3.05, 3.63) is 11.9 Å². The molecule has 3 N–H and O–H groups in total. The number of nitrogens with zero attached hydrogens (tertiary/aromatic N) is 2. The first kappa shape index (κ1) is 12.0. The Kier molecular flexibility index (Phi) is 3.03. The molecule has 1 aromatic rings. The highest BCUT2D eigenvalue weighted by Gasteiger charge is 2.48. The van der Waals surface area contributed by atoms with Crippen LogP contribution in [0.25, 0.3) is 0 Å². The van der Waals surface area contributed by atoms with Gasteiger partial charge in [-0.25, -0.2) is 0 Å². The van der Waals surface area contributed by atoms with Gasteiger partial charge in [0.1, 0.15) is 0 Å². The maximum atomic E-state index is 5.80. The molecule has 5 heteroatoms. The lowest BCUT2D eigenvalue weighted by atomic mass is 9.92. The average Bonchev–Trinajstić information content (AvgIpc) is 2.85. The van der Waals surface area contributed by atoms with Gasteiger partial charge in [0.05, 0.1) is 25.0 Å². The highest BCUT2D eigenvalue weighted by molar-refractivity contribution is 5.29. The first-order valence-corrected chi connectivity index (χ1v) is 6.84. The molecule has 0 saturated heterocycles. The van der Waals surface area contributed by atoms with Gasteiger partial charge in [-0.1, -0.05) is 0 Å². The Morgan fingerprint density at radius 2 is 2.22 bits per heavy atom. The quantitative estimate of drug-likeness (QED) is 0.613. The van der Waals surface area contributed by atoms with Gasteiger partial charge in [-0.2, -0.15) is 5.10 Å². The molecule has 1 heterocycles. The van der Waals surface area contributed by atoms with Crippen LogP contribution in [0, 0.1) is 17.8 Å². The molecule has 3 rings (SSSR count). The molecule has 18 heavy (non-hydrogen) atoms. The maximum absolute atomic E-state index is 5.80. The fourth-order valence-corrected chi connectivity index (χ4v) is 3.57. The molecule has 3 unspecified atom stereocenters. The van der Waals surface area contributed by atoms with Crippen LogP contribution < -0.4 is 16.0 Å². The van der Waals surface area contributed by atoms with Crippen LogP contribution in [0.1, 0.15) is 37.9 Å². The number of hydrazine groups is 1. The molecule has 0 aromatic carbocycles. The number of methoxy groups -OCH3 is 1. The summed E-state index contributed by atoms with van der Waals surface area (Å²) in [6.07, 6.45) is 5.80. The summed E-state index contributed by atoms with van der Waals surface area (Å²) in [5.74, 6) is 9.18. The van der Waals surface area contributed by atoms with E-state index < -0.39 is 0 Å². The predicted molar refractivity (Wildman–Crippen MR) is 68.8 cm³/mol. The van der Waals surface area contributed by atoms with Gasteiger partial charge in [-0.3, -0.25) is 16.0 Å². The third kappa shape index (κ3) is 1.82. The van der Waals surface area contributed by atoms with Crippen LogP contribution in [0.15, 0.2) is 6.20 Å². The number of rotatable bonds is 5. The molecule has 0 amide bonds. The molecule has 0 spiro atoms. The molecule has 5 nitrogen and oxygen atoms in total. The van der Waals surface area contributed by atoms with E-state index in [4.69, 9.17) is 10.6 Å². The van der Waals surface area contributed by atoms with E-state index in [1.165, 1.54) is 19.3 Å². The molecule has 2 aliphatic carbocycles. The number of nitrogens with one attached hydrogen (secondary N) is 1. The molecule has 2 fully saturated rings. The molecule has 0 radical (unpaired) electrons. The number of ether oxygens (including phenoxy) is 1. The van der Waals surface area contributed by atoms with Crippen LogP contribution >= 0.6 is 0 Å². The summed E-state index contributed by atoms with van der Waals surface area (Å²) in [6.45, 7) is 2.94. The van der Waals surface area contributed by atoms with E-state index in [0.717, 1.165) is 29.8 Å². The van der Waals surface area contributed by atoms with Gasteiger partial charge in [-0.05, 0) is 43.9 Å². The first-order chi connectivity index (χ1) is 8.78. The van der Waals surface area contributed by atoms with Crippen LogP contribution in [-0.2, 0) is 6.54 Å². The Balaban J connectivity index is 1.87. The fraction of sp³-hybridized carbons (Fsp3) is 0.769. The van der Waals surface area contributed by atoms with E-state index in [1.54, 1.807) is 13.3 Å². The number of aryl methyl sites for hydroxylation is 1. The zero-order valence-corrected chi connectivity index (χ0v) is 11.1. The molecule has 3 atom stereocenters. The van der Waals surface area contributed by atoms with Crippen molar-refractivity contribution in [2.45, 2.75) is 38.8 Å². The molecular formula is C13H22N4O. The first-order valence-electron chi connectivity index (χ1n) is 6.84. The SMILES string of the molecule is CCn1ncc(OC)c1C(NN)C1CC2CC2C1. The Bertz CT molecular complexity index is 399. The summed E-state index contributed by atoms with van der Waals surface area (Å²) in [4.78, 5) is 0. The third-order valence-electron chi connectivity index (χ3n) is 4.59. The third-order valence-corrected chi connectivity index (χ3v) is 4.59. The minimum Gasteiger partial charge on any atom is -0.493 e. The van der Waals surface area contributed by atoms with Crippen molar-refractivity contribution >= 4 is 0 Å². The highest BCUT2D eigenvalue weighted by atomic mass is 16.5. The highest BCUT2D eigenvalue weighted by Crippen LogP contribution is 2.57. The van der Waals surface area contributed by atoms with E-state index in [1.807, 2.05) is 4.68 Å². The minimum absolute atomic E-state index is 0.162. The van der Waals surface area contributed by atoms with Crippen molar-refractivity contribution < 1.29 is 4.74 Å². The molecule has 0 bridgehead atoms. The van der Waals surface area contributed by atoms with Gasteiger partial charge < -0.3 is 4.74 Å². The van der Waals surface area contributed by atoms with E-state index in [2.05, 4.69) is 17.4 Å². The second-order valence-corrected chi connectivity index (χ2v) is 5.55. The lowest BCUT2D eigenvalue weighted by Gasteiger charge is -2.25. The van der Waals surface area contributed by atoms with Gasteiger partial charge in [0.25, 0.3) is 0 Å². The second kappa shape index (κ2) is 4.55. The Hall–Kier alpha value is -1.07. The average molecular weight is 250 g/mol. The smallest absolute Gasteiger partial charge is 0.161 e. The topological polar surface area (TPSA) is 65.1 Å². The van der Waals surface area contributed by atoms with E-state index >= 15 is 0 Å². The molecule has 100 valence electrons. The monoisotopic (exact) mass is 250 g/mol. The van der Waals surface area contributed by atoms with Crippen LogP contribution in [0.3, 0.4) is 0 Å². The Labute approximate surface area is 108 Å². The number of nitrogens with two attached hydrogens (primary N) is 1. The lowest BCUT2D eigenvalue weighted by Crippen LogP contribution is -2.35. The normalized spacial score (nSPS) is 31.2. The molecule has 0 aliphatic heterocycles. The lowest BCUT2D eigenvalue weighted by molar-refractivity contribution is 0.312. The van der Waals surface area contributed by atoms with Crippen molar-refractivity contribution in [2.75, 3.05) is 7.11 Å².